The lowest BCUT2D eigenvalue weighted by Crippen LogP contribution is -2.33. The van der Waals surface area contributed by atoms with Crippen LogP contribution in [0.5, 0.6) is 0 Å². The van der Waals surface area contributed by atoms with Gasteiger partial charge in [-0.2, -0.15) is 0 Å². The van der Waals surface area contributed by atoms with E-state index in [2.05, 4.69) is 4.72 Å². The van der Waals surface area contributed by atoms with E-state index in [9.17, 15) is 13.2 Å². The van der Waals surface area contributed by atoms with Crippen LogP contribution in [0.1, 0.15) is 19.3 Å². The molecule has 0 aliphatic carbocycles. The molecule has 0 atom stereocenters. The van der Waals surface area contributed by atoms with Crippen LogP contribution in [0.15, 0.2) is 23.1 Å². The van der Waals surface area contributed by atoms with Gasteiger partial charge < -0.3 is 10.6 Å². The molecule has 8 heteroatoms. The highest BCUT2D eigenvalue weighted by atomic mass is 35.5. The highest BCUT2D eigenvalue weighted by Crippen LogP contribution is 2.26. The van der Waals surface area contributed by atoms with E-state index in [1.165, 1.54) is 12.1 Å². The fourth-order valence-electron chi connectivity index (χ4n) is 2.30. The lowest BCUT2D eigenvalue weighted by molar-refractivity contribution is -0.129. The second kappa shape index (κ2) is 6.64. The standard InChI is InChI=1S/C13H18ClN3O3S/c14-10-4-3-5-11(15)13(10)21(19,20)16-7-6-12(18)17-8-1-2-9-17/h3-5,16H,1-2,6-9,15H2. The highest BCUT2D eigenvalue weighted by molar-refractivity contribution is 7.89. The molecule has 1 aromatic rings. The topological polar surface area (TPSA) is 92.5 Å². The van der Waals surface area contributed by atoms with Crippen molar-refractivity contribution in [1.29, 1.82) is 0 Å². The Kier molecular flexibility index (Phi) is 5.08. The summed E-state index contributed by atoms with van der Waals surface area (Å²) < 4.78 is 26.7. The van der Waals surface area contributed by atoms with Gasteiger partial charge in [0.2, 0.25) is 15.9 Å². The minimum atomic E-state index is -3.82. The number of nitrogens with two attached hydrogens (primary N) is 1. The molecular formula is C13H18ClN3O3S. The van der Waals surface area contributed by atoms with Crippen molar-refractivity contribution in [3.63, 3.8) is 0 Å². The van der Waals surface area contributed by atoms with Crippen LogP contribution >= 0.6 is 11.6 Å². The van der Waals surface area contributed by atoms with Crippen LogP contribution in [-0.2, 0) is 14.8 Å². The number of hydrogen-bond acceptors (Lipinski definition) is 4. The van der Waals surface area contributed by atoms with Gasteiger partial charge in [0, 0.05) is 26.1 Å². The number of hydrogen-bond donors (Lipinski definition) is 2. The number of rotatable bonds is 5. The van der Waals surface area contributed by atoms with E-state index >= 15 is 0 Å². The predicted octanol–water partition coefficient (Wildman–Crippen LogP) is 1.21. The summed E-state index contributed by atoms with van der Waals surface area (Å²) in [5, 5.41) is 0.0633. The number of anilines is 1. The van der Waals surface area contributed by atoms with Crippen LogP contribution in [0.2, 0.25) is 5.02 Å². The van der Waals surface area contributed by atoms with Gasteiger partial charge in [0.15, 0.2) is 0 Å². The summed E-state index contributed by atoms with van der Waals surface area (Å²) in [5.41, 5.74) is 5.74. The first-order chi connectivity index (χ1) is 9.92. The molecule has 21 heavy (non-hydrogen) atoms. The molecule has 6 nitrogen and oxygen atoms in total. The fourth-order valence-corrected chi connectivity index (χ4v) is 4.00. The number of benzene rings is 1. The molecule has 0 spiro atoms. The fraction of sp³-hybridized carbons (Fsp3) is 0.462. The number of nitrogen functional groups attached to an aromatic ring is 1. The first kappa shape index (κ1) is 16.1. The number of likely N-dealkylation sites (tertiary alicyclic amines) is 1. The van der Waals surface area contributed by atoms with Crippen molar-refractivity contribution in [2.24, 2.45) is 0 Å². The Balaban J connectivity index is 1.97. The van der Waals surface area contributed by atoms with E-state index in [4.69, 9.17) is 17.3 Å². The Hall–Kier alpha value is -1.31. The molecule has 0 unspecified atom stereocenters. The molecule has 0 aromatic heterocycles. The summed E-state index contributed by atoms with van der Waals surface area (Å²) in [6.07, 6.45) is 2.14. The Bertz CT molecular complexity index is 607. The van der Waals surface area contributed by atoms with Gasteiger partial charge in [-0.15, -0.1) is 0 Å². The summed E-state index contributed by atoms with van der Waals surface area (Å²) in [7, 11) is -3.82. The SMILES string of the molecule is Nc1cccc(Cl)c1S(=O)(=O)NCCC(=O)N1CCCC1. The average Bonchev–Trinajstić information content (AvgIpc) is 2.91. The molecular weight excluding hydrogens is 314 g/mol. The average molecular weight is 332 g/mol. The monoisotopic (exact) mass is 331 g/mol. The maximum atomic E-state index is 12.2. The van der Waals surface area contributed by atoms with Gasteiger partial charge in [0.05, 0.1) is 10.7 Å². The number of amides is 1. The molecule has 1 amide bonds. The van der Waals surface area contributed by atoms with Crippen LogP contribution in [0.4, 0.5) is 5.69 Å². The number of nitrogens with one attached hydrogen (secondary N) is 1. The first-order valence-electron chi connectivity index (χ1n) is 6.73. The zero-order chi connectivity index (χ0) is 15.5. The highest BCUT2D eigenvalue weighted by Gasteiger charge is 2.22. The minimum Gasteiger partial charge on any atom is -0.398 e. The van der Waals surface area contributed by atoms with Crippen molar-refractivity contribution in [3.8, 4) is 0 Å². The lowest BCUT2D eigenvalue weighted by atomic mass is 10.3. The number of sulfonamides is 1. The number of halogens is 1. The number of carbonyl (C=O) groups is 1. The van der Waals surface area contributed by atoms with Crippen molar-refractivity contribution in [2.45, 2.75) is 24.2 Å². The molecule has 0 radical (unpaired) electrons. The van der Waals surface area contributed by atoms with Gasteiger partial charge in [0.1, 0.15) is 4.90 Å². The predicted molar refractivity (Wildman–Crippen MR) is 81.5 cm³/mol. The quantitative estimate of drug-likeness (QED) is 0.793. The normalized spacial score (nSPS) is 15.4. The van der Waals surface area contributed by atoms with E-state index in [-0.39, 0.29) is 34.5 Å². The molecule has 1 aliphatic rings. The van der Waals surface area contributed by atoms with E-state index in [0.717, 1.165) is 25.9 Å². The third-order valence-corrected chi connectivity index (χ3v) is 5.36. The summed E-state index contributed by atoms with van der Waals surface area (Å²) in [5.74, 6) is -0.0395. The molecule has 2 rings (SSSR count). The summed E-state index contributed by atoms with van der Waals surface area (Å²) in [6, 6.07) is 4.51. The Morgan fingerprint density at radius 2 is 2.00 bits per heavy atom. The third-order valence-electron chi connectivity index (χ3n) is 3.36. The van der Waals surface area contributed by atoms with Crippen LogP contribution in [0.3, 0.4) is 0 Å². The van der Waals surface area contributed by atoms with Gasteiger partial charge in [-0.05, 0) is 25.0 Å². The maximum absolute atomic E-state index is 12.2. The number of nitrogens with zero attached hydrogens (tertiary/aromatic N) is 1. The van der Waals surface area contributed by atoms with Crippen LogP contribution in [-0.4, -0.2) is 38.9 Å². The van der Waals surface area contributed by atoms with Gasteiger partial charge in [0.25, 0.3) is 0 Å². The smallest absolute Gasteiger partial charge is 0.244 e. The van der Waals surface area contributed by atoms with Crippen LogP contribution in [0, 0.1) is 0 Å². The molecule has 1 aromatic carbocycles. The zero-order valence-corrected chi connectivity index (χ0v) is 13.1. The van der Waals surface area contributed by atoms with Crippen molar-refractivity contribution in [2.75, 3.05) is 25.4 Å². The summed E-state index contributed by atoms with van der Waals surface area (Å²) in [4.78, 5) is 13.5. The Labute approximate surface area is 129 Å². The van der Waals surface area contributed by atoms with E-state index < -0.39 is 10.0 Å². The van der Waals surface area contributed by atoms with Gasteiger partial charge in [-0.25, -0.2) is 13.1 Å². The molecule has 3 N–H and O–H groups in total. The van der Waals surface area contributed by atoms with Gasteiger partial charge >= 0.3 is 0 Å². The van der Waals surface area contributed by atoms with E-state index in [1.54, 1.807) is 11.0 Å². The zero-order valence-electron chi connectivity index (χ0n) is 11.5. The van der Waals surface area contributed by atoms with Crippen molar-refractivity contribution in [1.82, 2.24) is 9.62 Å². The van der Waals surface area contributed by atoms with E-state index in [1.807, 2.05) is 0 Å². The molecule has 0 bridgehead atoms. The summed E-state index contributed by atoms with van der Waals surface area (Å²) >= 11 is 5.88. The van der Waals surface area contributed by atoms with Crippen molar-refractivity contribution >= 4 is 33.2 Å². The van der Waals surface area contributed by atoms with Crippen LogP contribution < -0.4 is 10.5 Å². The molecule has 1 saturated heterocycles. The molecule has 1 fully saturated rings. The molecule has 0 saturated carbocycles. The Morgan fingerprint density at radius 1 is 1.33 bits per heavy atom. The lowest BCUT2D eigenvalue weighted by Gasteiger charge is -2.15. The van der Waals surface area contributed by atoms with Gasteiger partial charge in [-0.1, -0.05) is 17.7 Å². The summed E-state index contributed by atoms with van der Waals surface area (Å²) in [6.45, 7) is 1.54. The van der Waals surface area contributed by atoms with Crippen molar-refractivity contribution in [3.05, 3.63) is 23.2 Å². The Morgan fingerprint density at radius 3 is 2.62 bits per heavy atom. The molecule has 1 aliphatic heterocycles. The van der Waals surface area contributed by atoms with Crippen LogP contribution in [0.25, 0.3) is 0 Å². The third kappa shape index (κ3) is 3.87. The van der Waals surface area contributed by atoms with Crippen molar-refractivity contribution < 1.29 is 13.2 Å². The van der Waals surface area contributed by atoms with E-state index in [0.29, 0.717) is 0 Å². The number of carbonyl (C=O) groups excluding carboxylic acids is 1. The minimum absolute atomic E-state index is 0.0301. The largest absolute Gasteiger partial charge is 0.398 e. The first-order valence-corrected chi connectivity index (χ1v) is 8.59. The second-order valence-electron chi connectivity index (χ2n) is 4.89. The maximum Gasteiger partial charge on any atom is 0.244 e. The molecule has 1 heterocycles. The second-order valence-corrected chi connectivity index (χ2v) is 7.00. The van der Waals surface area contributed by atoms with Gasteiger partial charge in [-0.3, -0.25) is 4.79 Å². The molecule has 116 valence electrons.